The minimum absolute atomic E-state index is 1.01. The highest BCUT2D eigenvalue weighted by Crippen LogP contribution is 2.30. The maximum Gasteiger partial charge on any atom is 0.124 e. The van der Waals surface area contributed by atoms with Crippen LogP contribution in [0.5, 0.6) is 0 Å². The van der Waals surface area contributed by atoms with Crippen molar-refractivity contribution in [3.8, 4) is 43.7 Å². The quantitative estimate of drug-likeness (QED) is 0.166. The minimum atomic E-state index is 1.01. The number of benzene rings is 2. The molecule has 0 N–H and O–H groups in total. The molecule has 206 valence electrons. The van der Waals surface area contributed by atoms with Gasteiger partial charge in [-0.15, -0.1) is 22.7 Å². The summed E-state index contributed by atoms with van der Waals surface area (Å²) in [5.41, 5.74) is 8.96. The summed E-state index contributed by atoms with van der Waals surface area (Å²) in [6.45, 7) is 4.34. The summed E-state index contributed by atoms with van der Waals surface area (Å²) in [5.74, 6) is 0. The van der Waals surface area contributed by atoms with E-state index in [0.29, 0.717) is 0 Å². The topological polar surface area (TPSA) is 51.6 Å². The minimum Gasteiger partial charge on any atom is -0.261 e. The van der Waals surface area contributed by atoms with Gasteiger partial charge in [-0.3, -0.25) is 9.97 Å². The predicted molar refractivity (Wildman–Crippen MR) is 177 cm³/mol. The molecular formula is C34H31BrN4S2. The Morgan fingerprint density at radius 2 is 1.07 bits per heavy atom. The van der Waals surface area contributed by atoms with E-state index in [0.717, 1.165) is 85.2 Å². The van der Waals surface area contributed by atoms with E-state index in [4.69, 9.17) is 9.97 Å². The van der Waals surface area contributed by atoms with Gasteiger partial charge in [0.1, 0.15) is 10.0 Å². The summed E-state index contributed by atoms with van der Waals surface area (Å²) in [4.78, 5) is 18.3. The van der Waals surface area contributed by atoms with Gasteiger partial charge in [-0.2, -0.15) is 0 Å². The van der Waals surface area contributed by atoms with E-state index in [-0.39, 0.29) is 0 Å². The first-order valence-corrected chi connectivity index (χ1v) is 16.3. The summed E-state index contributed by atoms with van der Waals surface area (Å²) < 4.78 is 1.08. The van der Waals surface area contributed by atoms with Crippen LogP contribution < -0.4 is 0 Å². The third-order valence-corrected chi connectivity index (χ3v) is 8.67. The summed E-state index contributed by atoms with van der Waals surface area (Å²) >= 11 is 6.82. The van der Waals surface area contributed by atoms with Crippen molar-refractivity contribution in [2.24, 2.45) is 0 Å². The van der Waals surface area contributed by atoms with Gasteiger partial charge in [-0.1, -0.05) is 85.1 Å². The zero-order valence-corrected chi connectivity index (χ0v) is 26.3. The average Bonchev–Trinajstić information content (AvgIpc) is 3.71. The summed E-state index contributed by atoms with van der Waals surface area (Å²) in [6.07, 6.45) is 8.01. The van der Waals surface area contributed by atoms with Gasteiger partial charge in [0.2, 0.25) is 0 Å². The third kappa shape index (κ3) is 7.82. The number of thiazole rings is 2. The largest absolute Gasteiger partial charge is 0.261 e. The van der Waals surface area contributed by atoms with Crippen molar-refractivity contribution in [2.45, 2.75) is 39.5 Å². The molecule has 4 aromatic heterocycles. The maximum atomic E-state index is 4.76. The number of nitrogens with zero attached hydrogens (tertiary/aromatic N) is 4. The molecule has 0 bridgehead atoms. The first-order valence-electron chi connectivity index (χ1n) is 13.8. The van der Waals surface area contributed by atoms with E-state index in [9.17, 15) is 0 Å². The summed E-state index contributed by atoms with van der Waals surface area (Å²) in [6, 6.07) is 26.9. The van der Waals surface area contributed by atoms with Crippen LogP contribution in [0.1, 0.15) is 38.1 Å². The second-order valence-electron chi connectivity index (χ2n) is 9.52. The Labute approximate surface area is 258 Å². The molecule has 0 unspecified atom stereocenters. The second kappa shape index (κ2) is 14.4. The molecule has 41 heavy (non-hydrogen) atoms. The van der Waals surface area contributed by atoms with E-state index in [1.165, 1.54) is 0 Å². The molecule has 0 radical (unpaired) electrons. The molecule has 6 rings (SSSR count). The number of aromatic nitrogens is 4. The van der Waals surface area contributed by atoms with Crippen LogP contribution >= 0.6 is 38.6 Å². The molecule has 0 fully saturated rings. The van der Waals surface area contributed by atoms with E-state index in [2.05, 4.69) is 86.9 Å². The Balaban J connectivity index is 0.000000165. The lowest BCUT2D eigenvalue weighted by atomic mass is 10.1. The van der Waals surface area contributed by atoms with Crippen molar-refractivity contribution in [1.29, 1.82) is 0 Å². The molecule has 0 aliphatic carbocycles. The molecule has 0 amide bonds. The zero-order valence-electron chi connectivity index (χ0n) is 23.1. The lowest BCUT2D eigenvalue weighted by molar-refractivity contribution is 0.883. The van der Waals surface area contributed by atoms with E-state index < -0.39 is 0 Å². The number of rotatable bonds is 8. The number of halogens is 1. The molecule has 0 saturated heterocycles. The fraction of sp³-hybridized carbons (Fsp3) is 0.176. The Morgan fingerprint density at radius 1 is 0.585 bits per heavy atom. The molecular weight excluding hydrogens is 608 g/mol. The fourth-order valence-corrected chi connectivity index (χ4v) is 6.23. The fourth-order valence-electron chi connectivity index (χ4n) is 4.32. The molecule has 2 aromatic carbocycles. The number of pyridine rings is 2. The molecule has 7 heteroatoms. The van der Waals surface area contributed by atoms with Crippen molar-refractivity contribution >= 4 is 38.6 Å². The summed E-state index contributed by atoms with van der Waals surface area (Å²) in [5, 5.41) is 6.33. The number of hydrogen-bond acceptors (Lipinski definition) is 6. The number of aryl methyl sites for hydroxylation is 2. The second-order valence-corrected chi connectivity index (χ2v) is 12.2. The SMILES string of the molecule is CCCc1cc(-c2nc(-c3ccc(Br)cc3)cs2)ccn1.CCCc1cc(-c2nc(-c3ccccc3)cs2)ccn1. The van der Waals surface area contributed by atoms with Gasteiger partial charge in [0, 0.05) is 61.3 Å². The lowest BCUT2D eigenvalue weighted by Gasteiger charge is -2.01. The average molecular weight is 640 g/mol. The van der Waals surface area contributed by atoms with Crippen molar-refractivity contribution in [2.75, 3.05) is 0 Å². The third-order valence-electron chi connectivity index (χ3n) is 6.36. The standard InChI is InChI=1S/C17H15BrN2S.C17H16N2S/c1-2-3-15-10-13(8-9-19-15)17-20-16(11-21-17)12-4-6-14(18)7-5-12;1-2-6-15-11-14(9-10-18-15)17-19-16(12-20-17)13-7-4-3-5-8-13/h4-11H,2-3H2,1H3;3-5,7-12H,2,6H2,1H3. The van der Waals surface area contributed by atoms with Crippen LogP contribution in [-0.4, -0.2) is 19.9 Å². The molecule has 4 heterocycles. The normalized spacial score (nSPS) is 10.7. The van der Waals surface area contributed by atoms with Gasteiger partial charge >= 0.3 is 0 Å². The molecule has 0 aliphatic heterocycles. The van der Waals surface area contributed by atoms with Crippen molar-refractivity contribution in [3.63, 3.8) is 0 Å². The highest BCUT2D eigenvalue weighted by atomic mass is 79.9. The predicted octanol–water partition coefficient (Wildman–Crippen LogP) is 10.4. The van der Waals surface area contributed by atoms with Crippen LogP contribution in [0.3, 0.4) is 0 Å². The van der Waals surface area contributed by atoms with Crippen LogP contribution in [0.25, 0.3) is 43.7 Å². The van der Waals surface area contributed by atoms with Crippen LogP contribution in [0, 0.1) is 0 Å². The van der Waals surface area contributed by atoms with E-state index in [1.54, 1.807) is 22.7 Å². The Hall–Kier alpha value is -3.52. The zero-order chi connectivity index (χ0) is 28.4. The Morgan fingerprint density at radius 3 is 1.56 bits per heavy atom. The van der Waals surface area contributed by atoms with Crippen LogP contribution in [0.2, 0.25) is 0 Å². The monoisotopic (exact) mass is 638 g/mol. The first-order chi connectivity index (χ1) is 20.1. The summed E-state index contributed by atoms with van der Waals surface area (Å²) in [7, 11) is 0. The molecule has 0 saturated carbocycles. The Kier molecular flexibility index (Phi) is 10.2. The molecule has 6 aromatic rings. The van der Waals surface area contributed by atoms with Gasteiger partial charge < -0.3 is 0 Å². The van der Waals surface area contributed by atoms with Crippen molar-refractivity contribution in [1.82, 2.24) is 19.9 Å². The highest BCUT2D eigenvalue weighted by molar-refractivity contribution is 9.10. The van der Waals surface area contributed by atoms with Gasteiger partial charge in [0.25, 0.3) is 0 Å². The lowest BCUT2D eigenvalue weighted by Crippen LogP contribution is -1.89. The van der Waals surface area contributed by atoms with Crippen LogP contribution in [-0.2, 0) is 12.8 Å². The molecule has 4 nitrogen and oxygen atoms in total. The molecule has 0 atom stereocenters. The van der Waals surface area contributed by atoms with Gasteiger partial charge in [-0.25, -0.2) is 9.97 Å². The van der Waals surface area contributed by atoms with Gasteiger partial charge in [-0.05, 0) is 49.2 Å². The van der Waals surface area contributed by atoms with Gasteiger partial charge in [0.15, 0.2) is 0 Å². The van der Waals surface area contributed by atoms with E-state index in [1.807, 2.05) is 54.9 Å². The smallest absolute Gasteiger partial charge is 0.124 e. The highest BCUT2D eigenvalue weighted by Gasteiger charge is 2.09. The maximum absolute atomic E-state index is 4.76. The first kappa shape index (κ1) is 29.0. The Bertz CT molecular complexity index is 1680. The van der Waals surface area contributed by atoms with Crippen LogP contribution in [0.4, 0.5) is 0 Å². The molecule has 0 aliphatic rings. The van der Waals surface area contributed by atoms with Crippen LogP contribution in [0.15, 0.2) is 106 Å². The number of hydrogen-bond donors (Lipinski definition) is 0. The van der Waals surface area contributed by atoms with Gasteiger partial charge in [0.05, 0.1) is 11.4 Å². The van der Waals surface area contributed by atoms with Crippen molar-refractivity contribution in [3.05, 3.63) is 118 Å². The van der Waals surface area contributed by atoms with E-state index >= 15 is 0 Å². The molecule has 0 spiro atoms. The van der Waals surface area contributed by atoms with Crippen molar-refractivity contribution < 1.29 is 0 Å².